The molecule has 4 rings (SSSR count). The molecule has 0 bridgehead atoms. The second kappa shape index (κ2) is 10.2. The third-order valence-corrected chi connectivity index (χ3v) is 5.04. The summed E-state index contributed by atoms with van der Waals surface area (Å²) in [5.41, 5.74) is 4.46. The van der Waals surface area contributed by atoms with Crippen molar-refractivity contribution in [2.45, 2.75) is 13.2 Å². The zero-order chi connectivity index (χ0) is 22.2. The molecule has 32 heavy (non-hydrogen) atoms. The highest BCUT2D eigenvalue weighted by Gasteiger charge is 2.15. The monoisotopic (exact) mass is 422 g/mol. The fourth-order valence-corrected chi connectivity index (χ4v) is 3.39. The first-order chi connectivity index (χ1) is 15.8. The fraction of sp³-hybridized carbons (Fsp3) is 0.0714. The Morgan fingerprint density at radius 3 is 1.31 bits per heavy atom. The molecule has 0 aliphatic rings. The van der Waals surface area contributed by atoms with Crippen molar-refractivity contribution in [2.24, 2.45) is 0 Å². The van der Waals surface area contributed by atoms with Gasteiger partial charge >= 0.3 is 0 Å². The maximum atomic E-state index is 11.5. The molecule has 0 saturated carbocycles. The van der Waals surface area contributed by atoms with Crippen LogP contribution in [0.5, 0.6) is 11.5 Å². The van der Waals surface area contributed by atoms with Crippen LogP contribution in [-0.2, 0) is 13.2 Å². The van der Waals surface area contributed by atoms with Gasteiger partial charge in [-0.25, -0.2) is 0 Å². The van der Waals surface area contributed by atoms with E-state index in [0.717, 1.165) is 23.7 Å². The predicted molar refractivity (Wildman–Crippen MR) is 124 cm³/mol. The molecular weight excluding hydrogens is 400 g/mol. The molecule has 0 atom stereocenters. The Morgan fingerprint density at radius 1 is 0.531 bits per heavy atom. The molecule has 0 amide bonds. The fourth-order valence-electron chi connectivity index (χ4n) is 3.39. The minimum absolute atomic E-state index is 0.377. The first-order valence-electron chi connectivity index (χ1n) is 10.3. The molecule has 4 nitrogen and oxygen atoms in total. The van der Waals surface area contributed by atoms with Crippen molar-refractivity contribution in [3.05, 3.63) is 119 Å². The minimum Gasteiger partial charge on any atom is -0.488 e. The van der Waals surface area contributed by atoms with Gasteiger partial charge in [0.1, 0.15) is 37.3 Å². The molecule has 4 aromatic carbocycles. The van der Waals surface area contributed by atoms with Crippen LogP contribution in [0.2, 0.25) is 0 Å². The van der Waals surface area contributed by atoms with E-state index in [-0.39, 0.29) is 0 Å². The predicted octanol–water partition coefficient (Wildman–Crippen LogP) is 6.14. The van der Waals surface area contributed by atoms with Gasteiger partial charge in [-0.05, 0) is 47.5 Å². The molecule has 0 unspecified atom stereocenters. The number of aldehydes is 2. The number of ether oxygens (including phenoxy) is 2. The van der Waals surface area contributed by atoms with Crippen molar-refractivity contribution < 1.29 is 19.1 Å². The van der Waals surface area contributed by atoms with Gasteiger partial charge in [-0.15, -0.1) is 0 Å². The molecule has 0 saturated heterocycles. The van der Waals surface area contributed by atoms with Gasteiger partial charge in [0.2, 0.25) is 0 Å². The molecule has 4 aromatic rings. The summed E-state index contributed by atoms with van der Waals surface area (Å²) >= 11 is 0. The Hall–Kier alpha value is -4.18. The first kappa shape index (κ1) is 21.1. The molecule has 0 spiro atoms. The lowest BCUT2D eigenvalue weighted by Crippen LogP contribution is -2.01. The zero-order valence-electron chi connectivity index (χ0n) is 17.4. The van der Waals surface area contributed by atoms with Gasteiger partial charge in [-0.1, -0.05) is 60.7 Å². The summed E-state index contributed by atoms with van der Waals surface area (Å²) in [5, 5.41) is 0. The standard InChI is InChI=1S/C28H22O4/c29-17-23-11-13-27(31-19-21-7-3-1-4-8-21)25(15-23)26-16-24(18-30)12-14-28(26)32-20-22-9-5-2-6-10-22/h1-18H,19-20H2. The zero-order valence-corrected chi connectivity index (χ0v) is 17.4. The highest BCUT2D eigenvalue weighted by Crippen LogP contribution is 2.38. The van der Waals surface area contributed by atoms with Crippen LogP contribution in [0.3, 0.4) is 0 Å². The summed E-state index contributed by atoms with van der Waals surface area (Å²) in [6, 6.07) is 30.2. The molecule has 0 aliphatic heterocycles. The SMILES string of the molecule is O=Cc1ccc(OCc2ccccc2)c(-c2cc(C=O)ccc2OCc2ccccc2)c1. The maximum absolute atomic E-state index is 11.5. The average Bonchev–Trinajstić information content (AvgIpc) is 2.87. The van der Waals surface area contributed by atoms with Gasteiger partial charge in [0.05, 0.1) is 0 Å². The van der Waals surface area contributed by atoms with E-state index in [0.29, 0.717) is 47.0 Å². The summed E-state index contributed by atoms with van der Waals surface area (Å²) in [6.45, 7) is 0.754. The maximum Gasteiger partial charge on any atom is 0.150 e. The third-order valence-electron chi connectivity index (χ3n) is 5.04. The Bertz CT molecular complexity index is 1100. The van der Waals surface area contributed by atoms with Gasteiger partial charge < -0.3 is 9.47 Å². The second-order valence-electron chi connectivity index (χ2n) is 7.30. The van der Waals surface area contributed by atoms with Gasteiger partial charge in [0.15, 0.2) is 0 Å². The van der Waals surface area contributed by atoms with Crippen molar-refractivity contribution in [1.29, 1.82) is 0 Å². The lowest BCUT2D eigenvalue weighted by molar-refractivity contribution is 0.111. The molecule has 158 valence electrons. The van der Waals surface area contributed by atoms with Gasteiger partial charge in [0.25, 0.3) is 0 Å². The lowest BCUT2D eigenvalue weighted by Gasteiger charge is -2.17. The van der Waals surface area contributed by atoms with Crippen LogP contribution < -0.4 is 9.47 Å². The molecular formula is C28H22O4. The molecule has 0 fully saturated rings. The Balaban J connectivity index is 1.71. The largest absolute Gasteiger partial charge is 0.488 e. The van der Waals surface area contributed by atoms with Crippen LogP contribution in [0, 0.1) is 0 Å². The number of benzene rings is 4. The summed E-state index contributed by atoms with van der Waals surface area (Å²) < 4.78 is 12.2. The van der Waals surface area contributed by atoms with Crippen molar-refractivity contribution in [1.82, 2.24) is 0 Å². The summed E-state index contributed by atoms with van der Waals surface area (Å²) in [7, 11) is 0. The summed E-state index contributed by atoms with van der Waals surface area (Å²) in [6.07, 6.45) is 1.58. The highest BCUT2D eigenvalue weighted by molar-refractivity contribution is 5.86. The highest BCUT2D eigenvalue weighted by atomic mass is 16.5. The van der Waals surface area contributed by atoms with E-state index >= 15 is 0 Å². The van der Waals surface area contributed by atoms with Crippen molar-refractivity contribution in [3.63, 3.8) is 0 Å². The summed E-state index contributed by atoms with van der Waals surface area (Å²) in [4.78, 5) is 22.9. The van der Waals surface area contributed by atoms with E-state index in [2.05, 4.69) is 0 Å². The van der Waals surface area contributed by atoms with E-state index in [4.69, 9.17) is 9.47 Å². The van der Waals surface area contributed by atoms with Gasteiger partial charge in [-0.2, -0.15) is 0 Å². The average molecular weight is 422 g/mol. The van der Waals surface area contributed by atoms with Crippen LogP contribution >= 0.6 is 0 Å². The Kier molecular flexibility index (Phi) is 6.73. The molecule has 0 radical (unpaired) electrons. The Labute approximate surface area is 187 Å². The number of hydrogen-bond acceptors (Lipinski definition) is 4. The topological polar surface area (TPSA) is 52.6 Å². The van der Waals surface area contributed by atoms with Crippen LogP contribution in [0.15, 0.2) is 97.1 Å². The van der Waals surface area contributed by atoms with Crippen molar-refractivity contribution >= 4 is 12.6 Å². The molecule has 0 heterocycles. The van der Waals surface area contributed by atoms with E-state index in [1.54, 1.807) is 36.4 Å². The van der Waals surface area contributed by atoms with E-state index in [9.17, 15) is 9.59 Å². The van der Waals surface area contributed by atoms with Crippen molar-refractivity contribution in [3.8, 4) is 22.6 Å². The molecule has 0 aromatic heterocycles. The van der Waals surface area contributed by atoms with Gasteiger partial charge in [-0.3, -0.25) is 9.59 Å². The number of carbonyl (C=O) groups excluding carboxylic acids is 2. The number of hydrogen-bond donors (Lipinski definition) is 0. The third kappa shape index (κ3) is 5.10. The number of carbonyl (C=O) groups is 2. The smallest absolute Gasteiger partial charge is 0.150 e. The molecule has 0 N–H and O–H groups in total. The van der Waals surface area contributed by atoms with Crippen LogP contribution in [0.25, 0.3) is 11.1 Å². The molecule has 4 heteroatoms. The summed E-state index contributed by atoms with van der Waals surface area (Å²) in [5.74, 6) is 1.21. The first-order valence-corrected chi connectivity index (χ1v) is 10.3. The van der Waals surface area contributed by atoms with Gasteiger partial charge in [0, 0.05) is 22.3 Å². The van der Waals surface area contributed by atoms with E-state index in [1.165, 1.54) is 0 Å². The second-order valence-corrected chi connectivity index (χ2v) is 7.30. The Morgan fingerprint density at radius 2 is 0.938 bits per heavy atom. The lowest BCUT2D eigenvalue weighted by atomic mass is 9.99. The molecule has 0 aliphatic carbocycles. The van der Waals surface area contributed by atoms with Crippen LogP contribution in [0.4, 0.5) is 0 Å². The quantitative estimate of drug-likeness (QED) is 0.304. The van der Waals surface area contributed by atoms with Crippen LogP contribution in [0.1, 0.15) is 31.8 Å². The normalized spacial score (nSPS) is 10.4. The number of rotatable bonds is 9. The van der Waals surface area contributed by atoms with Crippen molar-refractivity contribution in [2.75, 3.05) is 0 Å². The minimum atomic E-state index is 0.377. The van der Waals surface area contributed by atoms with E-state index in [1.807, 2.05) is 60.7 Å². The van der Waals surface area contributed by atoms with Crippen LogP contribution in [-0.4, -0.2) is 12.6 Å². The van der Waals surface area contributed by atoms with E-state index < -0.39 is 0 Å².